The highest BCUT2D eigenvalue weighted by atomic mass is 32.2. The van der Waals surface area contributed by atoms with Gasteiger partial charge in [-0.3, -0.25) is 4.98 Å². The number of hydrogen-bond acceptors (Lipinski definition) is 3. The van der Waals surface area contributed by atoms with Crippen molar-refractivity contribution in [2.45, 2.75) is 23.3 Å². The summed E-state index contributed by atoms with van der Waals surface area (Å²) in [5.41, 5.74) is 8.86. The van der Waals surface area contributed by atoms with Crippen LogP contribution in [0.25, 0.3) is 0 Å². The van der Waals surface area contributed by atoms with Crippen LogP contribution in [0.1, 0.15) is 17.2 Å². The van der Waals surface area contributed by atoms with E-state index in [1.807, 2.05) is 36.2 Å². The maximum atomic E-state index is 6.37. The standard InChI is InChI=1S/C15H16N2S/c16-14(9-11-5-3-4-8-17-11)13-10-18-15-7-2-1-6-12(13)15/h1-8,13-14H,9-10,16H2. The van der Waals surface area contributed by atoms with Gasteiger partial charge in [-0.2, -0.15) is 0 Å². The monoisotopic (exact) mass is 256 g/mol. The molecule has 3 rings (SSSR count). The number of rotatable bonds is 3. The molecule has 0 bridgehead atoms. The summed E-state index contributed by atoms with van der Waals surface area (Å²) in [6.07, 6.45) is 2.68. The van der Waals surface area contributed by atoms with Crippen LogP contribution in [-0.2, 0) is 6.42 Å². The lowest BCUT2D eigenvalue weighted by molar-refractivity contribution is 0.566. The van der Waals surface area contributed by atoms with Crippen molar-refractivity contribution in [3.8, 4) is 0 Å². The molecule has 3 heteroatoms. The SMILES string of the molecule is NC(Cc1ccccn1)C1CSc2ccccc21. The molecule has 2 N–H and O–H groups in total. The van der Waals surface area contributed by atoms with Crippen molar-refractivity contribution in [3.63, 3.8) is 0 Å². The van der Waals surface area contributed by atoms with Gasteiger partial charge in [-0.1, -0.05) is 24.3 Å². The molecule has 18 heavy (non-hydrogen) atoms. The Morgan fingerprint density at radius 1 is 1.22 bits per heavy atom. The topological polar surface area (TPSA) is 38.9 Å². The zero-order valence-electron chi connectivity index (χ0n) is 10.1. The molecule has 2 unspecified atom stereocenters. The summed E-state index contributed by atoms with van der Waals surface area (Å²) < 4.78 is 0. The molecule has 1 aliphatic heterocycles. The highest BCUT2D eigenvalue weighted by Gasteiger charge is 2.28. The molecule has 0 saturated heterocycles. The third-order valence-corrected chi connectivity index (χ3v) is 4.63. The molecule has 0 fully saturated rings. The Bertz CT molecular complexity index is 527. The quantitative estimate of drug-likeness (QED) is 0.917. The highest BCUT2D eigenvalue weighted by molar-refractivity contribution is 7.99. The Morgan fingerprint density at radius 2 is 2.06 bits per heavy atom. The van der Waals surface area contributed by atoms with Crippen LogP contribution in [-0.4, -0.2) is 16.8 Å². The molecule has 0 radical (unpaired) electrons. The maximum Gasteiger partial charge on any atom is 0.0419 e. The lowest BCUT2D eigenvalue weighted by Crippen LogP contribution is -2.31. The summed E-state index contributed by atoms with van der Waals surface area (Å²) in [5.74, 6) is 1.54. The van der Waals surface area contributed by atoms with E-state index in [9.17, 15) is 0 Å². The second-order valence-electron chi connectivity index (χ2n) is 4.64. The van der Waals surface area contributed by atoms with Crippen LogP contribution in [0.2, 0.25) is 0 Å². The first-order chi connectivity index (χ1) is 8.84. The van der Waals surface area contributed by atoms with Gasteiger partial charge in [0.2, 0.25) is 0 Å². The van der Waals surface area contributed by atoms with E-state index in [1.54, 1.807) is 0 Å². The number of thioether (sulfide) groups is 1. The van der Waals surface area contributed by atoms with Gasteiger partial charge in [-0.25, -0.2) is 0 Å². The number of pyridine rings is 1. The van der Waals surface area contributed by atoms with Crippen LogP contribution in [0.15, 0.2) is 53.6 Å². The second-order valence-corrected chi connectivity index (χ2v) is 5.71. The van der Waals surface area contributed by atoms with Crippen molar-refractivity contribution in [3.05, 3.63) is 59.9 Å². The summed E-state index contributed by atoms with van der Waals surface area (Å²) in [4.78, 5) is 5.75. The third-order valence-electron chi connectivity index (χ3n) is 3.42. The second kappa shape index (κ2) is 5.12. The van der Waals surface area contributed by atoms with E-state index in [4.69, 9.17) is 5.73 Å². The van der Waals surface area contributed by atoms with Crippen molar-refractivity contribution in [1.82, 2.24) is 4.98 Å². The van der Waals surface area contributed by atoms with Crippen LogP contribution in [0.3, 0.4) is 0 Å². The van der Waals surface area contributed by atoms with Crippen molar-refractivity contribution in [2.75, 3.05) is 5.75 Å². The highest BCUT2D eigenvalue weighted by Crippen LogP contribution is 2.40. The first-order valence-corrected chi connectivity index (χ1v) is 7.20. The minimum atomic E-state index is 0.149. The fourth-order valence-corrected chi connectivity index (χ4v) is 3.79. The van der Waals surface area contributed by atoms with Crippen molar-refractivity contribution < 1.29 is 0 Å². The van der Waals surface area contributed by atoms with Crippen molar-refractivity contribution >= 4 is 11.8 Å². The number of nitrogens with two attached hydrogens (primary N) is 1. The van der Waals surface area contributed by atoms with Gasteiger partial charge in [0.05, 0.1) is 0 Å². The first-order valence-electron chi connectivity index (χ1n) is 6.22. The minimum absolute atomic E-state index is 0.149. The Balaban J connectivity index is 1.77. The molecule has 2 atom stereocenters. The number of benzene rings is 1. The molecule has 2 nitrogen and oxygen atoms in total. The molecule has 0 spiro atoms. The molecule has 92 valence electrons. The average Bonchev–Trinajstić information content (AvgIpc) is 2.84. The fourth-order valence-electron chi connectivity index (χ4n) is 2.44. The summed E-state index contributed by atoms with van der Waals surface area (Å²) in [7, 11) is 0. The lowest BCUT2D eigenvalue weighted by Gasteiger charge is -2.19. The van der Waals surface area contributed by atoms with Gasteiger partial charge < -0.3 is 5.73 Å². The van der Waals surface area contributed by atoms with Gasteiger partial charge in [0, 0.05) is 40.9 Å². The van der Waals surface area contributed by atoms with Gasteiger partial charge in [-0.15, -0.1) is 11.8 Å². The normalized spacial score (nSPS) is 19.5. The molecule has 0 amide bonds. The summed E-state index contributed by atoms with van der Waals surface area (Å²) in [6, 6.07) is 14.8. The number of aromatic nitrogens is 1. The Morgan fingerprint density at radius 3 is 2.89 bits per heavy atom. The van der Waals surface area contributed by atoms with Crippen molar-refractivity contribution in [2.24, 2.45) is 5.73 Å². The molecule has 0 aliphatic carbocycles. The molecular weight excluding hydrogens is 240 g/mol. The zero-order chi connectivity index (χ0) is 12.4. The molecule has 1 aromatic heterocycles. The number of nitrogens with zero attached hydrogens (tertiary/aromatic N) is 1. The number of fused-ring (bicyclic) bond motifs is 1. The van der Waals surface area contributed by atoms with E-state index in [1.165, 1.54) is 10.5 Å². The van der Waals surface area contributed by atoms with E-state index >= 15 is 0 Å². The van der Waals surface area contributed by atoms with Crippen LogP contribution in [0.4, 0.5) is 0 Å². The summed E-state index contributed by atoms with van der Waals surface area (Å²) in [6.45, 7) is 0. The number of hydrogen-bond donors (Lipinski definition) is 1. The largest absolute Gasteiger partial charge is 0.327 e. The zero-order valence-corrected chi connectivity index (χ0v) is 10.9. The van der Waals surface area contributed by atoms with Crippen LogP contribution >= 0.6 is 11.8 Å². The van der Waals surface area contributed by atoms with Gasteiger partial charge in [0.15, 0.2) is 0 Å². The predicted octanol–water partition coefficient (Wildman–Crippen LogP) is 2.84. The Labute approximate surface area is 112 Å². The van der Waals surface area contributed by atoms with E-state index < -0.39 is 0 Å². The molecular formula is C15H16N2S. The fraction of sp³-hybridized carbons (Fsp3) is 0.267. The van der Waals surface area contributed by atoms with Gasteiger partial charge in [-0.05, 0) is 23.8 Å². The Kier molecular flexibility index (Phi) is 3.35. The first kappa shape index (κ1) is 11.8. The summed E-state index contributed by atoms with van der Waals surface area (Å²) >= 11 is 1.91. The van der Waals surface area contributed by atoms with Gasteiger partial charge in [0.1, 0.15) is 0 Å². The van der Waals surface area contributed by atoms with Gasteiger partial charge >= 0.3 is 0 Å². The third kappa shape index (κ3) is 2.28. The lowest BCUT2D eigenvalue weighted by atomic mass is 9.91. The van der Waals surface area contributed by atoms with Crippen molar-refractivity contribution in [1.29, 1.82) is 0 Å². The minimum Gasteiger partial charge on any atom is -0.327 e. The van der Waals surface area contributed by atoms with E-state index in [2.05, 4.69) is 29.2 Å². The van der Waals surface area contributed by atoms with E-state index in [0.29, 0.717) is 5.92 Å². The van der Waals surface area contributed by atoms with E-state index in [-0.39, 0.29) is 6.04 Å². The molecule has 2 heterocycles. The van der Waals surface area contributed by atoms with Gasteiger partial charge in [0.25, 0.3) is 0 Å². The summed E-state index contributed by atoms with van der Waals surface area (Å²) in [5, 5.41) is 0. The predicted molar refractivity (Wildman–Crippen MR) is 75.8 cm³/mol. The molecule has 2 aromatic rings. The molecule has 0 saturated carbocycles. The van der Waals surface area contributed by atoms with Crippen LogP contribution < -0.4 is 5.73 Å². The maximum absolute atomic E-state index is 6.37. The Hall–Kier alpha value is -1.32. The smallest absolute Gasteiger partial charge is 0.0419 e. The molecule has 1 aromatic carbocycles. The molecule has 1 aliphatic rings. The van der Waals surface area contributed by atoms with Crippen LogP contribution in [0.5, 0.6) is 0 Å². The average molecular weight is 256 g/mol. The van der Waals surface area contributed by atoms with Crippen LogP contribution in [0, 0.1) is 0 Å². The van der Waals surface area contributed by atoms with E-state index in [0.717, 1.165) is 17.9 Å².